The second-order valence-corrected chi connectivity index (χ2v) is 4.49. The van der Waals surface area contributed by atoms with Gasteiger partial charge in [0.1, 0.15) is 0 Å². The first kappa shape index (κ1) is 12.0. The third-order valence-corrected chi connectivity index (χ3v) is 2.98. The largest absolute Gasteiger partial charge is 0.0843 e. The zero-order chi connectivity index (χ0) is 12.1. The molecular formula is C15H11ClS. The Morgan fingerprint density at radius 2 is 1.59 bits per heavy atom. The lowest BCUT2D eigenvalue weighted by atomic mass is 10.1. The number of allylic oxidation sites excluding steroid dienone is 1. The molecule has 0 amide bonds. The molecule has 0 N–H and O–H groups in total. The first-order chi connectivity index (χ1) is 8.25. The van der Waals surface area contributed by atoms with Crippen LogP contribution in [0.1, 0.15) is 11.1 Å². The lowest BCUT2D eigenvalue weighted by Gasteiger charge is -1.97. The maximum absolute atomic E-state index is 5.82. The molecule has 0 aliphatic heterocycles. The number of thiocarbonyl (C=S) groups is 1. The van der Waals surface area contributed by atoms with E-state index in [9.17, 15) is 0 Å². The van der Waals surface area contributed by atoms with Gasteiger partial charge in [-0.2, -0.15) is 0 Å². The number of benzene rings is 2. The Bertz CT molecular complexity index is 527. The standard InChI is InChI=1S/C15H11ClS/c16-14-9-6-12(7-10-14)8-11-15(17)13-4-2-1-3-5-13/h1-11H/b11-8+. The maximum Gasteiger partial charge on any atom is 0.0449 e. The van der Waals surface area contributed by atoms with E-state index in [4.69, 9.17) is 23.8 Å². The van der Waals surface area contributed by atoms with Gasteiger partial charge in [-0.15, -0.1) is 0 Å². The van der Waals surface area contributed by atoms with Crippen LogP contribution in [-0.2, 0) is 0 Å². The van der Waals surface area contributed by atoms with E-state index in [1.165, 1.54) is 0 Å². The van der Waals surface area contributed by atoms with Gasteiger partial charge < -0.3 is 0 Å². The zero-order valence-corrected chi connectivity index (χ0v) is 10.7. The highest BCUT2D eigenvalue weighted by molar-refractivity contribution is 7.81. The molecule has 0 fully saturated rings. The molecule has 0 bridgehead atoms. The molecule has 0 aliphatic rings. The third-order valence-electron chi connectivity index (χ3n) is 2.36. The highest BCUT2D eigenvalue weighted by atomic mass is 35.5. The van der Waals surface area contributed by atoms with Crippen molar-refractivity contribution in [3.05, 3.63) is 76.8 Å². The topological polar surface area (TPSA) is 0 Å². The molecule has 2 rings (SSSR count). The molecule has 0 spiro atoms. The highest BCUT2D eigenvalue weighted by Gasteiger charge is 1.95. The third kappa shape index (κ3) is 3.52. The molecule has 0 atom stereocenters. The Morgan fingerprint density at radius 3 is 2.24 bits per heavy atom. The van der Waals surface area contributed by atoms with Gasteiger partial charge in [0.25, 0.3) is 0 Å². The second kappa shape index (κ2) is 5.76. The first-order valence-corrected chi connectivity index (χ1v) is 6.07. The molecular weight excluding hydrogens is 248 g/mol. The van der Waals surface area contributed by atoms with Gasteiger partial charge >= 0.3 is 0 Å². The van der Waals surface area contributed by atoms with E-state index >= 15 is 0 Å². The fraction of sp³-hybridized carbons (Fsp3) is 0. The highest BCUT2D eigenvalue weighted by Crippen LogP contribution is 2.11. The van der Waals surface area contributed by atoms with Crippen molar-refractivity contribution in [1.29, 1.82) is 0 Å². The van der Waals surface area contributed by atoms with Crippen LogP contribution in [0.25, 0.3) is 6.08 Å². The lowest BCUT2D eigenvalue weighted by Crippen LogP contribution is -1.90. The van der Waals surface area contributed by atoms with Crippen molar-refractivity contribution in [3.63, 3.8) is 0 Å². The number of hydrogen-bond donors (Lipinski definition) is 0. The van der Waals surface area contributed by atoms with Gasteiger partial charge in [-0.1, -0.05) is 72.4 Å². The summed E-state index contributed by atoms with van der Waals surface area (Å²) in [6, 6.07) is 17.6. The minimum Gasteiger partial charge on any atom is -0.0843 e. The van der Waals surface area contributed by atoms with Crippen molar-refractivity contribution in [1.82, 2.24) is 0 Å². The van der Waals surface area contributed by atoms with Gasteiger partial charge in [0, 0.05) is 9.89 Å². The molecule has 2 aromatic carbocycles. The molecule has 0 aliphatic carbocycles. The fourth-order valence-corrected chi connectivity index (χ4v) is 1.77. The van der Waals surface area contributed by atoms with Crippen molar-refractivity contribution < 1.29 is 0 Å². The summed E-state index contributed by atoms with van der Waals surface area (Å²) in [5, 5.41) is 0.743. The summed E-state index contributed by atoms with van der Waals surface area (Å²) >= 11 is 11.2. The summed E-state index contributed by atoms with van der Waals surface area (Å²) in [5.41, 5.74) is 2.15. The van der Waals surface area contributed by atoms with Gasteiger partial charge in [0.2, 0.25) is 0 Å². The molecule has 0 aromatic heterocycles. The SMILES string of the molecule is S=C(/C=C/c1ccc(Cl)cc1)c1ccccc1. The van der Waals surface area contributed by atoms with Crippen molar-refractivity contribution in [2.75, 3.05) is 0 Å². The van der Waals surface area contributed by atoms with Crippen LogP contribution < -0.4 is 0 Å². The molecule has 0 saturated carbocycles. The monoisotopic (exact) mass is 258 g/mol. The van der Waals surface area contributed by atoms with Crippen LogP contribution in [-0.4, -0.2) is 4.86 Å². The normalized spacial score (nSPS) is 10.6. The predicted molar refractivity (Wildman–Crippen MR) is 78.6 cm³/mol. The van der Waals surface area contributed by atoms with Gasteiger partial charge in [0.15, 0.2) is 0 Å². The quantitative estimate of drug-likeness (QED) is 0.434. The van der Waals surface area contributed by atoms with Crippen LogP contribution >= 0.6 is 23.8 Å². The minimum atomic E-state index is 0.743. The summed E-state index contributed by atoms with van der Waals surface area (Å²) in [6.07, 6.45) is 3.93. The molecule has 0 radical (unpaired) electrons. The van der Waals surface area contributed by atoms with Gasteiger partial charge in [-0.05, 0) is 29.3 Å². The molecule has 17 heavy (non-hydrogen) atoms. The smallest absolute Gasteiger partial charge is 0.0449 e. The molecule has 0 unspecified atom stereocenters. The first-order valence-electron chi connectivity index (χ1n) is 5.29. The summed E-state index contributed by atoms with van der Waals surface area (Å²) < 4.78 is 0. The molecule has 84 valence electrons. The van der Waals surface area contributed by atoms with Crippen LogP contribution in [0.2, 0.25) is 5.02 Å². The maximum atomic E-state index is 5.82. The average Bonchev–Trinajstić information content (AvgIpc) is 2.39. The van der Waals surface area contributed by atoms with Gasteiger partial charge in [-0.25, -0.2) is 0 Å². The van der Waals surface area contributed by atoms with Gasteiger partial charge in [0.05, 0.1) is 0 Å². The van der Waals surface area contributed by atoms with Crippen LogP contribution in [0.3, 0.4) is 0 Å². The Hall–Kier alpha value is -1.44. The summed E-state index contributed by atoms with van der Waals surface area (Å²) in [4.78, 5) is 0.834. The lowest BCUT2D eigenvalue weighted by molar-refractivity contribution is 1.65. The molecule has 0 nitrogen and oxygen atoms in total. The summed E-state index contributed by atoms with van der Waals surface area (Å²) in [6.45, 7) is 0. The fourth-order valence-electron chi connectivity index (χ4n) is 1.44. The van der Waals surface area contributed by atoms with E-state index in [0.29, 0.717) is 0 Å². The van der Waals surface area contributed by atoms with E-state index < -0.39 is 0 Å². The van der Waals surface area contributed by atoms with Crippen molar-refractivity contribution in [2.45, 2.75) is 0 Å². The number of hydrogen-bond acceptors (Lipinski definition) is 1. The molecule has 0 saturated heterocycles. The van der Waals surface area contributed by atoms with E-state index in [2.05, 4.69) is 0 Å². The Kier molecular flexibility index (Phi) is 4.08. The summed E-state index contributed by atoms with van der Waals surface area (Å²) in [5.74, 6) is 0. The van der Waals surface area contributed by atoms with Crippen LogP contribution in [0, 0.1) is 0 Å². The molecule has 2 heteroatoms. The van der Waals surface area contributed by atoms with E-state index in [1.54, 1.807) is 0 Å². The van der Waals surface area contributed by atoms with Crippen LogP contribution in [0.5, 0.6) is 0 Å². The average molecular weight is 259 g/mol. The van der Waals surface area contributed by atoms with Crippen LogP contribution in [0.4, 0.5) is 0 Å². The number of rotatable bonds is 3. The van der Waals surface area contributed by atoms with E-state index in [1.807, 2.05) is 66.7 Å². The number of halogens is 1. The predicted octanol–water partition coefficient (Wildman–Crippen LogP) is 4.77. The summed E-state index contributed by atoms with van der Waals surface area (Å²) in [7, 11) is 0. The van der Waals surface area contributed by atoms with Crippen molar-refractivity contribution in [3.8, 4) is 0 Å². The van der Waals surface area contributed by atoms with Crippen LogP contribution in [0.15, 0.2) is 60.7 Å². The molecule has 0 heterocycles. The Labute approximate surface area is 112 Å². The van der Waals surface area contributed by atoms with Crippen molar-refractivity contribution in [2.24, 2.45) is 0 Å². The Balaban J connectivity index is 2.11. The van der Waals surface area contributed by atoms with E-state index in [0.717, 1.165) is 21.0 Å². The zero-order valence-electron chi connectivity index (χ0n) is 9.14. The van der Waals surface area contributed by atoms with E-state index in [-0.39, 0.29) is 0 Å². The second-order valence-electron chi connectivity index (χ2n) is 3.62. The Morgan fingerprint density at radius 1 is 0.941 bits per heavy atom. The van der Waals surface area contributed by atoms with Crippen molar-refractivity contribution >= 4 is 34.8 Å². The molecule has 2 aromatic rings. The van der Waals surface area contributed by atoms with Gasteiger partial charge in [-0.3, -0.25) is 0 Å². The minimum absolute atomic E-state index is 0.743.